The first-order chi connectivity index (χ1) is 27.2. The van der Waals surface area contributed by atoms with Crippen LogP contribution in [0.25, 0.3) is 78.5 Å². The van der Waals surface area contributed by atoms with Gasteiger partial charge in [-0.15, -0.1) is 0 Å². The lowest BCUT2D eigenvalue weighted by Crippen LogP contribution is -2.08. The van der Waals surface area contributed by atoms with E-state index in [1.165, 1.54) is 49.6 Å². The maximum atomic E-state index is 7.12. The zero-order valence-corrected chi connectivity index (χ0v) is 31.5. The Hall–Kier alpha value is -6.84. The summed E-state index contributed by atoms with van der Waals surface area (Å²) in [4.78, 5) is 0. The van der Waals surface area contributed by atoms with Crippen molar-refractivity contribution in [1.29, 1.82) is 0 Å². The van der Waals surface area contributed by atoms with Crippen LogP contribution < -0.4 is 4.74 Å². The van der Waals surface area contributed by atoms with Gasteiger partial charge in [0.25, 0.3) is 0 Å². The first-order valence-corrected chi connectivity index (χ1v) is 19.2. The summed E-state index contributed by atoms with van der Waals surface area (Å²) in [5.41, 5.74) is 15.0. The molecule has 0 radical (unpaired) electrons. The second kappa shape index (κ2) is 14.2. The summed E-state index contributed by atoms with van der Waals surface area (Å²) in [5, 5.41) is 3.58. The molecule has 1 aliphatic rings. The van der Waals surface area contributed by atoms with Gasteiger partial charge in [-0.3, -0.25) is 0 Å². The molecular formula is C52H42N2O. The number of rotatable bonds is 6. The topological polar surface area (TPSA) is 19.1 Å². The Morgan fingerprint density at radius 2 is 1.11 bits per heavy atom. The average Bonchev–Trinajstić information content (AvgIpc) is 3.77. The van der Waals surface area contributed by atoms with E-state index in [4.69, 9.17) is 4.74 Å². The molecule has 0 aliphatic carbocycles. The lowest BCUT2D eigenvalue weighted by Gasteiger charge is -2.24. The van der Waals surface area contributed by atoms with E-state index in [0.29, 0.717) is 0 Å². The van der Waals surface area contributed by atoms with Crippen molar-refractivity contribution < 1.29 is 4.74 Å². The molecule has 0 atom stereocenters. The first kappa shape index (κ1) is 34.0. The van der Waals surface area contributed by atoms with E-state index >= 15 is 0 Å². The van der Waals surface area contributed by atoms with E-state index in [2.05, 4.69) is 193 Å². The molecule has 1 aliphatic heterocycles. The van der Waals surface area contributed by atoms with Crippen LogP contribution in [-0.4, -0.2) is 9.13 Å². The normalized spacial score (nSPS) is 12.0. The predicted molar refractivity (Wildman–Crippen MR) is 234 cm³/mol. The SMILES string of the molecule is C=Cc1c(/C=C\C)n(-c2ccc(-c3ccccc3)cc2)c2c3c(ccc12)Cc1c(ccc2c4ccccc4n(-c4ccc(-c5ccccc5)cc4)c12)O3.CC. The van der Waals surface area contributed by atoms with Crippen molar-refractivity contribution in [2.24, 2.45) is 0 Å². The maximum absolute atomic E-state index is 7.12. The zero-order chi connectivity index (χ0) is 37.5. The fourth-order valence-electron chi connectivity index (χ4n) is 8.30. The van der Waals surface area contributed by atoms with Crippen molar-refractivity contribution in [3.05, 3.63) is 193 Å². The van der Waals surface area contributed by atoms with Crippen LogP contribution in [0, 0.1) is 0 Å². The second-order valence-corrected chi connectivity index (χ2v) is 13.7. The van der Waals surface area contributed by atoms with Gasteiger partial charge in [-0.2, -0.15) is 0 Å². The maximum Gasteiger partial charge on any atom is 0.155 e. The van der Waals surface area contributed by atoms with E-state index in [0.717, 1.165) is 57.0 Å². The van der Waals surface area contributed by atoms with Crippen molar-refractivity contribution in [1.82, 2.24) is 9.13 Å². The summed E-state index contributed by atoms with van der Waals surface area (Å²) in [7, 11) is 0. The molecule has 3 heterocycles. The third-order valence-corrected chi connectivity index (χ3v) is 10.7. The molecule has 266 valence electrons. The molecule has 0 unspecified atom stereocenters. The summed E-state index contributed by atoms with van der Waals surface area (Å²) in [5.74, 6) is 1.79. The Balaban J connectivity index is 0.00000195. The lowest BCUT2D eigenvalue weighted by molar-refractivity contribution is 0.465. The van der Waals surface area contributed by atoms with Gasteiger partial charge in [0.1, 0.15) is 5.75 Å². The van der Waals surface area contributed by atoms with E-state index in [-0.39, 0.29) is 0 Å². The molecule has 0 saturated heterocycles. The molecule has 10 rings (SSSR count). The molecule has 0 N–H and O–H groups in total. The van der Waals surface area contributed by atoms with Gasteiger partial charge >= 0.3 is 0 Å². The zero-order valence-electron chi connectivity index (χ0n) is 31.5. The van der Waals surface area contributed by atoms with E-state index in [1.54, 1.807) is 0 Å². The summed E-state index contributed by atoms with van der Waals surface area (Å²) >= 11 is 0. The van der Waals surface area contributed by atoms with Gasteiger partial charge in [0.15, 0.2) is 5.75 Å². The van der Waals surface area contributed by atoms with Crippen molar-refractivity contribution >= 4 is 44.9 Å². The molecule has 55 heavy (non-hydrogen) atoms. The highest BCUT2D eigenvalue weighted by Gasteiger charge is 2.28. The number of fused-ring (bicyclic) bond motifs is 8. The molecule has 9 aromatic rings. The summed E-state index contributed by atoms with van der Waals surface area (Å²) in [6.07, 6.45) is 6.99. The third kappa shape index (κ3) is 5.59. The van der Waals surface area contributed by atoms with Gasteiger partial charge in [-0.25, -0.2) is 0 Å². The number of para-hydroxylation sites is 1. The second-order valence-electron chi connectivity index (χ2n) is 13.7. The number of allylic oxidation sites excluding steroid dienone is 1. The molecule has 0 saturated carbocycles. The number of hydrogen-bond donors (Lipinski definition) is 0. The van der Waals surface area contributed by atoms with Crippen LogP contribution in [-0.2, 0) is 6.42 Å². The van der Waals surface area contributed by atoms with Crippen LogP contribution in [0.15, 0.2) is 170 Å². The number of benzene rings is 7. The number of nitrogens with zero attached hydrogens (tertiary/aromatic N) is 2. The largest absolute Gasteiger partial charge is 0.454 e. The first-order valence-electron chi connectivity index (χ1n) is 19.2. The van der Waals surface area contributed by atoms with Gasteiger partial charge in [0.05, 0.1) is 22.2 Å². The van der Waals surface area contributed by atoms with Crippen molar-refractivity contribution in [2.45, 2.75) is 27.2 Å². The van der Waals surface area contributed by atoms with Crippen molar-refractivity contribution in [3.63, 3.8) is 0 Å². The number of aromatic nitrogens is 2. The average molecular weight is 711 g/mol. The minimum atomic E-state index is 0.747. The molecule has 0 fully saturated rings. The van der Waals surface area contributed by atoms with Gasteiger partial charge in [0.2, 0.25) is 0 Å². The highest BCUT2D eigenvalue weighted by Crippen LogP contribution is 2.48. The van der Waals surface area contributed by atoms with Crippen LogP contribution in [0.1, 0.15) is 43.2 Å². The Morgan fingerprint density at radius 1 is 0.545 bits per heavy atom. The van der Waals surface area contributed by atoms with E-state index < -0.39 is 0 Å². The Morgan fingerprint density at radius 3 is 1.73 bits per heavy atom. The van der Waals surface area contributed by atoms with E-state index in [9.17, 15) is 0 Å². The van der Waals surface area contributed by atoms with Gasteiger partial charge < -0.3 is 13.9 Å². The molecular weight excluding hydrogens is 669 g/mol. The number of hydrogen-bond acceptors (Lipinski definition) is 1. The Labute approximate surface area is 322 Å². The van der Waals surface area contributed by atoms with Crippen LogP contribution in [0.5, 0.6) is 11.5 Å². The number of ether oxygens (including phenoxy) is 1. The van der Waals surface area contributed by atoms with Crippen LogP contribution in [0.2, 0.25) is 0 Å². The summed E-state index contributed by atoms with van der Waals surface area (Å²) < 4.78 is 11.9. The molecule has 0 spiro atoms. The van der Waals surface area contributed by atoms with Gasteiger partial charge in [0, 0.05) is 50.6 Å². The Kier molecular flexibility index (Phi) is 8.76. The molecule has 0 amide bonds. The van der Waals surface area contributed by atoms with Gasteiger partial charge in [-0.1, -0.05) is 148 Å². The lowest BCUT2D eigenvalue weighted by atomic mass is 9.96. The highest BCUT2D eigenvalue weighted by molar-refractivity contribution is 6.11. The van der Waals surface area contributed by atoms with Crippen LogP contribution in [0.4, 0.5) is 0 Å². The fourth-order valence-corrected chi connectivity index (χ4v) is 8.30. The van der Waals surface area contributed by atoms with Crippen molar-refractivity contribution in [3.8, 4) is 45.1 Å². The predicted octanol–water partition coefficient (Wildman–Crippen LogP) is 14.5. The molecule has 0 bridgehead atoms. The van der Waals surface area contributed by atoms with Crippen molar-refractivity contribution in [2.75, 3.05) is 0 Å². The summed E-state index contributed by atoms with van der Waals surface area (Å²) in [6, 6.07) is 56.5. The van der Waals surface area contributed by atoms with Crippen LogP contribution in [0.3, 0.4) is 0 Å². The quantitative estimate of drug-likeness (QED) is 0.168. The van der Waals surface area contributed by atoms with Crippen LogP contribution >= 0.6 is 0 Å². The molecule has 3 heteroatoms. The molecule has 7 aromatic carbocycles. The monoisotopic (exact) mass is 710 g/mol. The third-order valence-electron chi connectivity index (χ3n) is 10.7. The smallest absolute Gasteiger partial charge is 0.155 e. The Bertz CT molecular complexity index is 2870. The fraction of sp³-hybridized carbons (Fsp3) is 0.0769. The van der Waals surface area contributed by atoms with Gasteiger partial charge in [-0.05, 0) is 77.7 Å². The van der Waals surface area contributed by atoms with E-state index in [1.807, 2.05) is 19.9 Å². The minimum absolute atomic E-state index is 0.747. The minimum Gasteiger partial charge on any atom is -0.454 e. The molecule has 2 aromatic heterocycles. The summed E-state index contributed by atoms with van der Waals surface area (Å²) in [6.45, 7) is 10.3. The highest BCUT2D eigenvalue weighted by atomic mass is 16.5. The molecule has 3 nitrogen and oxygen atoms in total. The standard InChI is InChI=1S/C50H36N2O.C2H6/c1-3-13-45-40(4-2)42-29-24-37-32-44-47(53-50(37)49(42)52(45)39-27-22-36(23-28-39)34-16-9-6-10-17-34)31-30-43-41-18-11-12-19-46(41)51(48(43)44)38-25-20-35(21-26-38)33-14-7-5-8-15-33;1-2/h3-31H,2,32H2,1H3;1-2H3/b13-3-;.